The predicted octanol–water partition coefficient (Wildman–Crippen LogP) is 1.02. The van der Waals surface area contributed by atoms with Crippen LogP contribution in [0.15, 0.2) is 12.4 Å². The summed E-state index contributed by atoms with van der Waals surface area (Å²) in [6.07, 6.45) is 4.23. The van der Waals surface area contributed by atoms with Gasteiger partial charge in [-0.25, -0.2) is 9.97 Å². The molecular weight excluding hydrogens is 230 g/mol. The Morgan fingerprint density at radius 1 is 1.56 bits per heavy atom. The first-order valence-electron chi connectivity index (χ1n) is 5.06. The molecule has 0 aliphatic carbocycles. The maximum atomic E-state index is 11.6. The third-order valence-corrected chi connectivity index (χ3v) is 2.24. The van der Waals surface area contributed by atoms with E-state index in [1.807, 2.05) is 6.92 Å². The van der Waals surface area contributed by atoms with Gasteiger partial charge in [-0.2, -0.15) is 0 Å². The van der Waals surface area contributed by atoms with Crippen LogP contribution in [0, 0.1) is 0 Å². The summed E-state index contributed by atoms with van der Waals surface area (Å²) in [5.74, 6) is -0.350. The van der Waals surface area contributed by atoms with Crippen molar-refractivity contribution in [2.45, 2.75) is 25.8 Å². The zero-order valence-corrected chi connectivity index (χ0v) is 9.74. The Morgan fingerprint density at radius 2 is 2.31 bits per heavy atom. The largest absolute Gasteiger partial charge is 0.394 e. The molecule has 0 aliphatic heterocycles. The lowest BCUT2D eigenvalue weighted by Crippen LogP contribution is -2.37. The molecule has 16 heavy (non-hydrogen) atoms. The van der Waals surface area contributed by atoms with Crippen molar-refractivity contribution in [2.75, 3.05) is 6.61 Å². The first-order valence-corrected chi connectivity index (χ1v) is 5.44. The van der Waals surface area contributed by atoms with E-state index in [0.717, 1.165) is 12.8 Å². The van der Waals surface area contributed by atoms with E-state index in [-0.39, 0.29) is 29.4 Å². The minimum atomic E-state index is -0.350. The zero-order valence-electron chi connectivity index (χ0n) is 8.98. The van der Waals surface area contributed by atoms with Gasteiger partial charge in [0.2, 0.25) is 0 Å². The fraction of sp³-hybridized carbons (Fsp3) is 0.500. The summed E-state index contributed by atoms with van der Waals surface area (Å²) in [6, 6.07) is -0.241. The molecule has 0 spiro atoms. The van der Waals surface area contributed by atoms with Gasteiger partial charge in [0.25, 0.3) is 5.91 Å². The van der Waals surface area contributed by atoms with E-state index in [0.29, 0.717) is 0 Å². The second kappa shape index (κ2) is 6.40. The summed E-state index contributed by atoms with van der Waals surface area (Å²) < 4.78 is 0. The van der Waals surface area contributed by atoms with Crippen molar-refractivity contribution in [1.82, 2.24) is 15.3 Å². The lowest BCUT2D eigenvalue weighted by molar-refractivity contribution is 0.0907. The van der Waals surface area contributed by atoms with Crippen molar-refractivity contribution in [2.24, 2.45) is 0 Å². The third kappa shape index (κ3) is 3.75. The number of nitrogens with one attached hydrogen (secondary N) is 1. The van der Waals surface area contributed by atoms with Crippen LogP contribution in [0.5, 0.6) is 0 Å². The summed E-state index contributed by atoms with van der Waals surface area (Å²) in [5.41, 5.74) is 0.193. The van der Waals surface area contributed by atoms with E-state index >= 15 is 0 Å². The average Bonchev–Trinajstić information content (AvgIpc) is 2.29. The van der Waals surface area contributed by atoms with Crippen molar-refractivity contribution in [1.29, 1.82) is 0 Å². The molecule has 1 unspecified atom stereocenters. The van der Waals surface area contributed by atoms with E-state index < -0.39 is 0 Å². The Labute approximate surface area is 98.9 Å². The monoisotopic (exact) mass is 243 g/mol. The molecule has 0 saturated heterocycles. The standard InChI is InChI=1S/C10H14ClN3O2/c1-2-3-7(6-15)14-10(16)8-4-13-9(11)5-12-8/h4-5,7,15H,2-3,6H2,1H3,(H,14,16). The van der Waals surface area contributed by atoms with Crippen molar-refractivity contribution >= 4 is 17.5 Å². The summed E-state index contributed by atoms with van der Waals surface area (Å²) in [5, 5.41) is 11.9. The molecular formula is C10H14ClN3O2. The molecule has 1 rings (SSSR count). The first kappa shape index (κ1) is 12.9. The summed E-state index contributed by atoms with van der Waals surface area (Å²) in [4.78, 5) is 19.2. The van der Waals surface area contributed by atoms with Crippen molar-refractivity contribution < 1.29 is 9.90 Å². The number of halogens is 1. The fourth-order valence-electron chi connectivity index (χ4n) is 1.25. The highest BCUT2D eigenvalue weighted by Gasteiger charge is 2.13. The minimum absolute atomic E-state index is 0.0827. The molecule has 0 radical (unpaired) electrons. The van der Waals surface area contributed by atoms with Gasteiger partial charge in [-0.05, 0) is 6.42 Å². The Balaban J connectivity index is 2.60. The number of nitrogens with zero attached hydrogens (tertiary/aromatic N) is 2. The van der Waals surface area contributed by atoms with Gasteiger partial charge in [0.05, 0.1) is 25.0 Å². The van der Waals surface area contributed by atoms with Crippen LogP contribution in [-0.2, 0) is 0 Å². The van der Waals surface area contributed by atoms with Gasteiger partial charge >= 0.3 is 0 Å². The Bertz CT molecular complexity index is 342. The molecule has 1 atom stereocenters. The highest BCUT2D eigenvalue weighted by atomic mass is 35.5. The Kier molecular flexibility index (Phi) is 5.14. The van der Waals surface area contributed by atoms with Crippen LogP contribution in [0.3, 0.4) is 0 Å². The normalized spacial score (nSPS) is 12.2. The molecule has 0 fully saturated rings. The first-order chi connectivity index (χ1) is 7.67. The number of carbonyl (C=O) groups excluding carboxylic acids is 1. The van der Waals surface area contributed by atoms with Crippen LogP contribution in [0.4, 0.5) is 0 Å². The molecule has 88 valence electrons. The Hall–Kier alpha value is -1.20. The van der Waals surface area contributed by atoms with Gasteiger partial charge in [-0.15, -0.1) is 0 Å². The third-order valence-electron chi connectivity index (χ3n) is 2.05. The van der Waals surface area contributed by atoms with Gasteiger partial charge < -0.3 is 10.4 Å². The van der Waals surface area contributed by atoms with Crippen LogP contribution in [0.2, 0.25) is 5.15 Å². The van der Waals surface area contributed by atoms with Gasteiger partial charge in [0.1, 0.15) is 10.8 Å². The quantitative estimate of drug-likeness (QED) is 0.810. The molecule has 0 saturated carbocycles. The molecule has 0 aliphatic rings. The second-order valence-corrected chi connectivity index (χ2v) is 3.75. The molecule has 1 heterocycles. The van der Waals surface area contributed by atoms with Crippen LogP contribution in [0.25, 0.3) is 0 Å². The molecule has 2 N–H and O–H groups in total. The van der Waals surface area contributed by atoms with Crippen LogP contribution in [0.1, 0.15) is 30.3 Å². The van der Waals surface area contributed by atoms with Crippen LogP contribution < -0.4 is 5.32 Å². The number of carbonyl (C=O) groups is 1. The summed E-state index contributed by atoms with van der Waals surface area (Å²) >= 11 is 5.55. The lowest BCUT2D eigenvalue weighted by atomic mass is 10.2. The molecule has 0 bridgehead atoms. The maximum absolute atomic E-state index is 11.6. The molecule has 6 heteroatoms. The number of aliphatic hydroxyl groups is 1. The smallest absolute Gasteiger partial charge is 0.271 e. The molecule has 1 amide bonds. The number of hydrogen-bond acceptors (Lipinski definition) is 4. The van der Waals surface area contributed by atoms with Crippen molar-refractivity contribution in [3.05, 3.63) is 23.2 Å². The van der Waals surface area contributed by atoms with Crippen LogP contribution >= 0.6 is 11.6 Å². The molecule has 1 aromatic rings. The molecule has 1 aromatic heterocycles. The van der Waals surface area contributed by atoms with Gasteiger partial charge in [0, 0.05) is 0 Å². The topological polar surface area (TPSA) is 75.1 Å². The van der Waals surface area contributed by atoms with Crippen molar-refractivity contribution in [3.63, 3.8) is 0 Å². The Morgan fingerprint density at radius 3 is 2.81 bits per heavy atom. The number of aromatic nitrogens is 2. The summed E-state index contributed by atoms with van der Waals surface area (Å²) in [6.45, 7) is 1.90. The van der Waals surface area contributed by atoms with E-state index in [9.17, 15) is 4.79 Å². The minimum Gasteiger partial charge on any atom is -0.394 e. The number of aliphatic hydroxyl groups excluding tert-OH is 1. The van der Waals surface area contributed by atoms with E-state index in [1.54, 1.807) is 0 Å². The van der Waals surface area contributed by atoms with E-state index in [2.05, 4.69) is 15.3 Å². The lowest BCUT2D eigenvalue weighted by Gasteiger charge is -2.14. The van der Waals surface area contributed by atoms with Crippen LogP contribution in [-0.4, -0.2) is 33.6 Å². The fourth-order valence-corrected chi connectivity index (χ4v) is 1.34. The summed E-state index contributed by atoms with van der Waals surface area (Å²) in [7, 11) is 0. The van der Waals surface area contributed by atoms with Gasteiger partial charge in [-0.1, -0.05) is 24.9 Å². The van der Waals surface area contributed by atoms with E-state index in [4.69, 9.17) is 16.7 Å². The van der Waals surface area contributed by atoms with Gasteiger partial charge in [-0.3, -0.25) is 4.79 Å². The van der Waals surface area contributed by atoms with Gasteiger partial charge in [0.15, 0.2) is 0 Å². The maximum Gasteiger partial charge on any atom is 0.271 e. The number of amides is 1. The highest BCUT2D eigenvalue weighted by Crippen LogP contribution is 2.02. The zero-order chi connectivity index (χ0) is 12.0. The average molecular weight is 244 g/mol. The molecule has 0 aromatic carbocycles. The second-order valence-electron chi connectivity index (χ2n) is 3.37. The predicted molar refractivity (Wildman–Crippen MR) is 60.3 cm³/mol. The SMILES string of the molecule is CCCC(CO)NC(=O)c1cnc(Cl)cn1. The number of rotatable bonds is 5. The van der Waals surface area contributed by atoms with E-state index in [1.165, 1.54) is 12.4 Å². The molecule has 5 nitrogen and oxygen atoms in total. The number of hydrogen-bond donors (Lipinski definition) is 2. The van der Waals surface area contributed by atoms with Crippen molar-refractivity contribution in [3.8, 4) is 0 Å². The highest BCUT2D eigenvalue weighted by molar-refractivity contribution is 6.29.